The number of unbranched alkanes of at least 4 members (excludes halogenated alkanes) is 1. The van der Waals surface area contributed by atoms with E-state index in [0.29, 0.717) is 23.9 Å². The topological polar surface area (TPSA) is 49.7 Å². The van der Waals surface area contributed by atoms with Crippen LogP contribution in [-0.2, 0) is 4.74 Å². The summed E-state index contributed by atoms with van der Waals surface area (Å²) in [5, 5.41) is 19.5. The molecule has 1 aliphatic carbocycles. The smallest absolute Gasteiger partial charge is 0.102 e. The fourth-order valence-corrected chi connectivity index (χ4v) is 5.71. The Labute approximate surface area is 146 Å². The van der Waals surface area contributed by atoms with Gasteiger partial charge in [-0.1, -0.05) is 20.3 Å². The van der Waals surface area contributed by atoms with Crippen molar-refractivity contribution in [3.05, 3.63) is 0 Å². The average molecular weight is 345 g/mol. The lowest BCUT2D eigenvalue weighted by atomic mass is 9.63. The first kappa shape index (κ1) is 19.6. The maximum Gasteiger partial charge on any atom is 0.102 e. The first-order chi connectivity index (χ1) is 11.0. The van der Waals surface area contributed by atoms with Crippen molar-refractivity contribution >= 4 is 11.8 Å². The average Bonchev–Trinajstić information content (AvgIpc) is 2.74. The van der Waals surface area contributed by atoms with Crippen LogP contribution in [0.5, 0.6) is 0 Å². The molecule has 1 heterocycles. The first-order valence-corrected chi connectivity index (χ1v) is 10.6. The highest BCUT2D eigenvalue weighted by atomic mass is 32.2. The van der Waals surface area contributed by atoms with E-state index in [1.807, 2.05) is 0 Å². The van der Waals surface area contributed by atoms with E-state index in [0.717, 1.165) is 37.0 Å². The SMILES string of the molecule is CC1CC[C@@H]2C(CO1)[C@H](C(C)[C@@H](O)SCCCCO)CC[C@H]2C. The molecular formula is C19H36O3S. The van der Waals surface area contributed by atoms with E-state index in [1.54, 1.807) is 11.8 Å². The molecule has 0 radical (unpaired) electrons. The molecule has 0 bridgehead atoms. The fraction of sp³-hybridized carbons (Fsp3) is 1.00. The summed E-state index contributed by atoms with van der Waals surface area (Å²) >= 11 is 1.67. The van der Waals surface area contributed by atoms with E-state index in [1.165, 1.54) is 25.7 Å². The Balaban J connectivity index is 1.93. The lowest BCUT2D eigenvalue weighted by Crippen LogP contribution is -2.41. The molecule has 1 aliphatic heterocycles. The minimum absolute atomic E-state index is 0.256. The molecule has 2 N–H and O–H groups in total. The monoisotopic (exact) mass is 344 g/mol. The zero-order valence-electron chi connectivity index (χ0n) is 15.1. The number of hydrogen-bond donors (Lipinski definition) is 2. The predicted octanol–water partition coefficient (Wildman–Crippen LogP) is 3.92. The van der Waals surface area contributed by atoms with Gasteiger partial charge in [0.2, 0.25) is 0 Å². The summed E-state index contributed by atoms with van der Waals surface area (Å²) in [6, 6.07) is 0. The van der Waals surface area contributed by atoms with Crippen molar-refractivity contribution in [3.63, 3.8) is 0 Å². The molecule has 0 aromatic rings. The number of fused-ring (bicyclic) bond motifs is 1. The van der Waals surface area contributed by atoms with Gasteiger partial charge < -0.3 is 14.9 Å². The standard InChI is InChI=1S/C19H36O3S/c1-13-6-8-17(15(3)19(21)23-11-5-4-10-20)18-12-22-14(2)7-9-16(13)18/h13-21H,4-12H2,1-3H3/t13-,14?,15?,16+,17+,18?,19+/m1/s1. The summed E-state index contributed by atoms with van der Waals surface area (Å²) < 4.78 is 6.08. The Morgan fingerprint density at radius 2 is 1.87 bits per heavy atom. The van der Waals surface area contributed by atoms with Crippen LogP contribution in [0.15, 0.2) is 0 Å². The molecule has 23 heavy (non-hydrogen) atoms. The van der Waals surface area contributed by atoms with Crippen LogP contribution in [0.3, 0.4) is 0 Å². The number of aliphatic hydroxyl groups excluding tert-OH is 2. The van der Waals surface area contributed by atoms with Crippen LogP contribution in [0.1, 0.15) is 59.3 Å². The molecule has 2 aliphatic rings. The first-order valence-electron chi connectivity index (χ1n) is 9.56. The highest BCUT2D eigenvalue weighted by Crippen LogP contribution is 2.47. The van der Waals surface area contributed by atoms with Crippen molar-refractivity contribution in [2.24, 2.45) is 29.6 Å². The van der Waals surface area contributed by atoms with Gasteiger partial charge in [-0.15, -0.1) is 11.8 Å². The second kappa shape index (κ2) is 9.65. The highest BCUT2D eigenvalue weighted by molar-refractivity contribution is 7.99. The molecule has 2 fully saturated rings. The Morgan fingerprint density at radius 3 is 2.61 bits per heavy atom. The van der Waals surface area contributed by atoms with Crippen LogP contribution in [-0.4, -0.2) is 40.7 Å². The van der Waals surface area contributed by atoms with Gasteiger partial charge in [0.1, 0.15) is 5.44 Å². The lowest BCUT2D eigenvalue weighted by Gasteiger charge is -2.44. The number of rotatable bonds is 7. The minimum atomic E-state index is -0.284. The van der Waals surface area contributed by atoms with Gasteiger partial charge in [0.25, 0.3) is 0 Å². The van der Waals surface area contributed by atoms with E-state index in [-0.39, 0.29) is 12.0 Å². The molecule has 1 saturated heterocycles. The second-order valence-corrected chi connectivity index (χ2v) is 9.04. The van der Waals surface area contributed by atoms with Gasteiger partial charge >= 0.3 is 0 Å². The van der Waals surface area contributed by atoms with Gasteiger partial charge in [-0.05, 0) is 74.4 Å². The Hall–Kier alpha value is 0.230. The van der Waals surface area contributed by atoms with Crippen LogP contribution >= 0.6 is 11.8 Å². The third kappa shape index (κ3) is 5.35. The maximum atomic E-state index is 10.6. The van der Waals surface area contributed by atoms with Gasteiger partial charge in [0.05, 0.1) is 12.7 Å². The Morgan fingerprint density at radius 1 is 1.09 bits per heavy atom. The normalized spacial score (nSPS) is 37.7. The second-order valence-electron chi connectivity index (χ2n) is 7.82. The number of aliphatic hydroxyl groups is 2. The maximum absolute atomic E-state index is 10.6. The van der Waals surface area contributed by atoms with E-state index >= 15 is 0 Å². The summed E-state index contributed by atoms with van der Waals surface area (Å²) in [5.74, 6) is 4.04. The van der Waals surface area contributed by atoms with Crippen molar-refractivity contribution in [3.8, 4) is 0 Å². The molecule has 3 nitrogen and oxygen atoms in total. The summed E-state index contributed by atoms with van der Waals surface area (Å²) in [4.78, 5) is 0. The number of hydrogen-bond acceptors (Lipinski definition) is 4. The predicted molar refractivity (Wildman–Crippen MR) is 97.5 cm³/mol. The van der Waals surface area contributed by atoms with E-state index in [2.05, 4.69) is 20.8 Å². The molecule has 3 unspecified atom stereocenters. The fourth-order valence-electron chi connectivity index (χ4n) is 4.59. The molecule has 0 aromatic heterocycles. The molecule has 2 rings (SSSR count). The Bertz CT molecular complexity index is 339. The molecule has 0 aromatic carbocycles. The van der Waals surface area contributed by atoms with Crippen molar-refractivity contribution < 1.29 is 14.9 Å². The van der Waals surface area contributed by atoms with Crippen molar-refractivity contribution in [1.29, 1.82) is 0 Å². The van der Waals surface area contributed by atoms with Crippen molar-refractivity contribution in [2.45, 2.75) is 70.8 Å². The number of thioether (sulfide) groups is 1. The zero-order valence-corrected chi connectivity index (χ0v) is 15.9. The third-order valence-electron chi connectivity index (χ3n) is 6.23. The summed E-state index contributed by atoms with van der Waals surface area (Å²) in [6.07, 6.45) is 7.22. The van der Waals surface area contributed by atoms with E-state index in [9.17, 15) is 5.11 Å². The molecule has 1 saturated carbocycles. The van der Waals surface area contributed by atoms with E-state index in [4.69, 9.17) is 9.84 Å². The van der Waals surface area contributed by atoms with E-state index < -0.39 is 0 Å². The molecular weight excluding hydrogens is 308 g/mol. The van der Waals surface area contributed by atoms with Crippen LogP contribution in [0, 0.1) is 29.6 Å². The van der Waals surface area contributed by atoms with Gasteiger partial charge in [0, 0.05) is 6.61 Å². The van der Waals surface area contributed by atoms with Crippen LogP contribution in [0.2, 0.25) is 0 Å². The summed E-state index contributed by atoms with van der Waals surface area (Å²) in [5.41, 5.74) is -0.284. The summed E-state index contributed by atoms with van der Waals surface area (Å²) in [6.45, 7) is 7.98. The van der Waals surface area contributed by atoms with Crippen LogP contribution in [0.4, 0.5) is 0 Å². The van der Waals surface area contributed by atoms with Gasteiger partial charge in [-0.2, -0.15) is 0 Å². The molecule has 7 atom stereocenters. The summed E-state index contributed by atoms with van der Waals surface area (Å²) in [7, 11) is 0. The largest absolute Gasteiger partial charge is 0.396 e. The van der Waals surface area contributed by atoms with Gasteiger partial charge in [0.15, 0.2) is 0 Å². The van der Waals surface area contributed by atoms with Gasteiger partial charge in [-0.3, -0.25) is 0 Å². The molecule has 0 amide bonds. The van der Waals surface area contributed by atoms with Crippen LogP contribution < -0.4 is 0 Å². The van der Waals surface area contributed by atoms with Crippen molar-refractivity contribution in [2.75, 3.05) is 19.0 Å². The highest BCUT2D eigenvalue weighted by Gasteiger charge is 2.42. The van der Waals surface area contributed by atoms with Crippen LogP contribution in [0.25, 0.3) is 0 Å². The third-order valence-corrected chi connectivity index (χ3v) is 7.53. The molecule has 0 spiro atoms. The zero-order chi connectivity index (χ0) is 16.8. The lowest BCUT2D eigenvalue weighted by molar-refractivity contribution is -0.0201. The van der Waals surface area contributed by atoms with Crippen molar-refractivity contribution in [1.82, 2.24) is 0 Å². The minimum Gasteiger partial charge on any atom is -0.396 e. The molecule has 136 valence electrons. The number of ether oxygens (including phenoxy) is 1. The quantitative estimate of drug-likeness (QED) is 0.543. The van der Waals surface area contributed by atoms with Gasteiger partial charge in [-0.25, -0.2) is 0 Å². The molecule has 4 heteroatoms. The Kier molecular flexibility index (Phi) is 8.20.